The summed E-state index contributed by atoms with van der Waals surface area (Å²) in [5.74, 6) is -0.337. The molecule has 0 saturated heterocycles. The number of aryl methyl sites for hydroxylation is 1. The molecule has 2 aromatic carbocycles. The number of nitrogens with one attached hydrogen (secondary N) is 1. The fourth-order valence-electron chi connectivity index (χ4n) is 2.02. The van der Waals surface area contributed by atoms with Crippen molar-refractivity contribution >= 4 is 33.2 Å². The minimum absolute atomic E-state index is 0.337. The number of rotatable bonds is 6. The minimum atomic E-state index is -0.337. The first kappa shape index (κ1) is 15.3. The maximum absolute atomic E-state index is 13.1. The summed E-state index contributed by atoms with van der Waals surface area (Å²) in [7, 11) is 0. The van der Waals surface area contributed by atoms with Gasteiger partial charge in [-0.2, -0.15) is 0 Å². The van der Waals surface area contributed by atoms with Gasteiger partial charge < -0.3 is 5.32 Å². The summed E-state index contributed by atoms with van der Waals surface area (Å²) in [4.78, 5) is 0. The van der Waals surface area contributed by atoms with Crippen molar-refractivity contribution < 1.29 is 4.39 Å². The van der Waals surface area contributed by atoms with Gasteiger partial charge in [0.05, 0.1) is 10.7 Å². The van der Waals surface area contributed by atoms with Crippen LogP contribution in [0.1, 0.15) is 18.4 Å². The van der Waals surface area contributed by atoms with Crippen LogP contribution in [0.4, 0.5) is 10.1 Å². The summed E-state index contributed by atoms with van der Waals surface area (Å²) in [6.07, 6.45) is 3.21. The van der Waals surface area contributed by atoms with Gasteiger partial charge in [-0.15, -0.1) is 0 Å². The van der Waals surface area contributed by atoms with Crippen LogP contribution in [-0.2, 0) is 6.42 Å². The summed E-state index contributed by atoms with van der Waals surface area (Å²) in [5.41, 5.74) is 2.11. The van der Waals surface area contributed by atoms with E-state index in [0.717, 1.165) is 31.5 Å². The lowest BCUT2D eigenvalue weighted by Gasteiger charge is -2.10. The van der Waals surface area contributed by atoms with Gasteiger partial charge in [0, 0.05) is 11.0 Å². The van der Waals surface area contributed by atoms with Gasteiger partial charge in [0.25, 0.3) is 0 Å². The van der Waals surface area contributed by atoms with Crippen LogP contribution < -0.4 is 5.32 Å². The summed E-state index contributed by atoms with van der Waals surface area (Å²) in [6.45, 7) is 0.816. The molecule has 1 N–H and O–H groups in total. The molecular formula is C16H16BrClFN. The van der Waals surface area contributed by atoms with E-state index < -0.39 is 0 Å². The number of benzene rings is 2. The second kappa shape index (κ2) is 7.65. The molecule has 0 heterocycles. The van der Waals surface area contributed by atoms with Crippen LogP contribution in [-0.4, -0.2) is 6.54 Å². The molecule has 0 bridgehead atoms. The monoisotopic (exact) mass is 355 g/mol. The first-order valence-electron chi connectivity index (χ1n) is 6.59. The lowest BCUT2D eigenvalue weighted by atomic mass is 10.1. The third-order valence-electron chi connectivity index (χ3n) is 3.04. The second-order valence-corrected chi connectivity index (χ2v) is 5.88. The predicted molar refractivity (Wildman–Crippen MR) is 87.0 cm³/mol. The lowest BCUT2D eigenvalue weighted by molar-refractivity contribution is 0.627. The first-order chi connectivity index (χ1) is 9.66. The standard InChI is InChI=1S/C16H16BrClFN/c17-14-10-13(19)11-15(18)16(14)20-9-5-4-8-12-6-2-1-3-7-12/h1-3,6-7,10-11,20H,4-5,8-9H2. The Morgan fingerprint density at radius 3 is 2.55 bits per heavy atom. The van der Waals surface area contributed by atoms with E-state index in [-0.39, 0.29) is 5.82 Å². The first-order valence-corrected chi connectivity index (χ1v) is 7.76. The van der Waals surface area contributed by atoms with E-state index in [9.17, 15) is 4.39 Å². The van der Waals surface area contributed by atoms with Crippen molar-refractivity contribution in [2.45, 2.75) is 19.3 Å². The van der Waals surface area contributed by atoms with Crippen molar-refractivity contribution in [3.8, 4) is 0 Å². The Morgan fingerprint density at radius 1 is 1.10 bits per heavy atom. The molecule has 106 valence electrons. The summed E-state index contributed by atoms with van der Waals surface area (Å²) in [5, 5.41) is 3.65. The number of halogens is 3. The maximum atomic E-state index is 13.1. The average Bonchev–Trinajstić information content (AvgIpc) is 2.42. The Bertz CT molecular complexity index is 537. The Labute approximate surface area is 132 Å². The molecule has 0 aromatic heterocycles. The van der Waals surface area contributed by atoms with E-state index >= 15 is 0 Å². The van der Waals surface area contributed by atoms with Gasteiger partial charge in [0.1, 0.15) is 5.82 Å². The molecule has 2 aromatic rings. The van der Waals surface area contributed by atoms with Crippen molar-refractivity contribution in [1.29, 1.82) is 0 Å². The summed E-state index contributed by atoms with van der Waals surface area (Å²) >= 11 is 9.33. The van der Waals surface area contributed by atoms with Gasteiger partial charge in [0.2, 0.25) is 0 Å². The Morgan fingerprint density at radius 2 is 1.85 bits per heavy atom. The Balaban J connectivity index is 1.76. The fraction of sp³-hybridized carbons (Fsp3) is 0.250. The van der Waals surface area contributed by atoms with Crippen molar-refractivity contribution in [2.24, 2.45) is 0 Å². The van der Waals surface area contributed by atoms with Crippen LogP contribution in [0.15, 0.2) is 46.9 Å². The van der Waals surface area contributed by atoms with Gasteiger partial charge in [-0.05, 0) is 52.9 Å². The largest absolute Gasteiger partial charge is 0.383 e. The van der Waals surface area contributed by atoms with Gasteiger partial charge in [-0.25, -0.2) is 4.39 Å². The fourth-order valence-corrected chi connectivity index (χ4v) is 2.98. The van der Waals surface area contributed by atoms with Gasteiger partial charge in [-0.3, -0.25) is 0 Å². The average molecular weight is 357 g/mol. The third-order valence-corrected chi connectivity index (χ3v) is 3.97. The molecule has 0 saturated carbocycles. The zero-order valence-electron chi connectivity index (χ0n) is 11.0. The molecule has 4 heteroatoms. The molecule has 0 spiro atoms. The number of hydrogen-bond acceptors (Lipinski definition) is 1. The highest BCUT2D eigenvalue weighted by Gasteiger charge is 2.07. The van der Waals surface area contributed by atoms with Gasteiger partial charge >= 0.3 is 0 Å². The van der Waals surface area contributed by atoms with E-state index in [4.69, 9.17) is 11.6 Å². The molecule has 0 unspecified atom stereocenters. The molecule has 0 aliphatic carbocycles. The molecule has 0 amide bonds. The topological polar surface area (TPSA) is 12.0 Å². The second-order valence-electron chi connectivity index (χ2n) is 4.61. The van der Waals surface area contributed by atoms with Gasteiger partial charge in [0.15, 0.2) is 0 Å². The quantitative estimate of drug-likeness (QED) is 0.657. The molecule has 0 atom stereocenters. The van der Waals surface area contributed by atoms with Crippen LogP contribution in [0.2, 0.25) is 5.02 Å². The van der Waals surface area contributed by atoms with Crippen LogP contribution in [0.5, 0.6) is 0 Å². The van der Waals surface area contributed by atoms with E-state index in [1.165, 1.54) is 17.7 Å². The normalized spacial score (nSPS) is 10.6. The van der Waals surface area contributed by atoms with Crippen LogP contribution in [0.25, 0.3) is 0 Å². The molecular weight excluding hydrogens is 341 g/mol. The molecule has 0 fully saturated rings. The molecule has 2 rings (SSSR count). The lowest BCUT2D eigenvalue weighted by Crippen LogP contribution is -2.03. The van der Waals surface area contributed by atoms with Crippen molar-refractivity contribution in [2.75, 3.05) is 11.9 Å². The van der Waals surface area contributed by atoms with Crippen LogP contribution >= 0.6 is 27.5 Å². The molecule has 0 aliphatic heterocycles. The van der Waals surface area contributed by atoms with Crippen LogP contribution in [0.3, 0.4) is 0 Å². The van der Waals surface area contributed by atoms with E-state index in [0.29, 0.717) is 9.50 Å². The third kappa shape index (κ3) is 4.50. The Hall–Kier alpha value is -1.06. The minimum Gasteiger partial charge on any atom is -0.383 e. The summed E-state index contributed by atoms with van der Waals surface area (Å²) in [6, 6.07) is 13.2. The zero-order valence-corrected chi connectivity index (χ0v) is 13.3. The van der Waals surface area contributed by atoms with Crippen molar-refractivity contribution in [3.63, 3.8) is 0 Å². The van der Waals surface area contributed by atoms with E-state index in [2.05, 4.69) is 45.5 Å². The van der Waals surface area contributed by atoms with E-state index in [1.54, 1.807) is 0 Å². The van der Waals surface area contributed by atoms with Crippen molar-refractivity contribution in [3.05, 3.63) is 63.3 Å². The predicted octanol–water partition coefficient (Wildman–Crippen LogP) is 5.68. The Kier molecular flexibility index (Phi) is 5.86. The van der Waals surface area contributed by atoms with Gasteiger partial charge in [-0.1, -0.05) is 41.9 Å². The van der Waals surface area contributed by atoms with Crippen LogP contribution in [0, 0.1) is 5.82 Å². The SMILES string of the molecule is Fc1cc(Cl)c(NCCCCc2ccccc2)c(Br)c1. The van der Waals surface area contributed by atoms with Crippen molar-refractivity contribution in [1.82, 2.24) is 0 Å². The highest BCUT2D eigenvalue weighted by atomic mass is 79.9. The highest BCUT2D eigenvalue weighted by Crippen LogP contribution is 2.31. The maximum Gasteiger partial charge on any atom is 0.125 e. The summed E-state index contributed by atoms with van der Waals surface area (Å²) < 4.78 is 13.8. The number of anilines is 1. The smallest absolute Gasteiger partial charge is 0.125 e. The molecule has 20 heavy (non-hydrogen) atoms. The molecule has 1 nitrogen and oxygen atoms in total. The zero-order chi connectivity index (χ0) is 14.4. The number of hydrogen-bond donors (Lipinski definition) is 1. The molecule has 0 radical (unpaired) electrons. The molecule has 0 aliphatic rings. The highest BCUT2D eigenvalue weighted by molar-refractivity contribution is 9.10. The van der Waals surface area contributed by atoms with E-state index in [1.807, 2.05) is 6.07 Å². The number of unbranched alkanes of at least 4 members (excludes halogenated alkanes) is 1.